The van der Waals surface area contributed by atoms with E-state index in [9.17, 15) is 4.57 Å². The third-order valence-electron chi connectivity index (χ3n) is 5.18. The van der Waals surface area contributed by atoms with Gasteiger partial charge in [0, 0.05) is 5.39 Å². The van der Waals surface area contributed by atoms with E-state index in [1.807, 2.05) is 74.5 Å². The molecule has 0 spiro atoms. The van der Waals surface area contributed by atoms with Gasteiger partial charge in [0.05, 0.1) is 0 Å². The van der Waals surface area contributed by atoms with Crippen LogP contribution in [0.4, 0.5) is 0 Å². The van der Waals surface area contributed by atoms with Gasteiger partial charge in [-0.1, -0.05) is 79.6 Å². The number of phosphoric ester groups is 1. The third kappa shape index (κ3) is 5.15. The first-order chi connectivity index (χ1) is 15.5. The topological polar surface area (TPSA) is 44.8 Å². The van der Waals surface area contributed by atoms with Crippen LogP contribution in [-0.4, -0.2) is 0 Å². The van der Waals surface area contributed by atoms with Crippen LogP contribution in [0.25, 0.3) is 10.8 Å². The van der Waals surface area contributed by atoms with Gasteiger partial charge in [-0.05, 0) is 61.0 Å². The standard InChI is InChI=1S/C27H27O4P/c1-4-8-22-14-16-24(17-15-22)29-32(28,30-26-18-13-20(2)19-21(26)3)31-27-12-7-10-23-9-5-6-11-25(23)27/h5-7,9-19H,4,8H2,1-3H3. The second-order valence-electron chi connectivity index (χ2n) is 7.86. The third-order valence-corrected chi connectivity index (χ3v) is 6.45. The molecule has 4 nitrogen and oxygen atoms in total. The lowest BCUT2D eigenvalue weighted by Crippen LogP contribution is -2.08. The lowest BCUT2D eigenvalue weighted by Gasteiger charge is -2.21. The van der Waals surface area contributed by atoms with E-state index in [0.29, 0.717) is 17.2 Å². The fraction of sp³-hybridized carbons (Fsp3) is 0.185. The molecule has 0 aliphatic carbocycles. The maximum Gasteiger partial charge on any atom is 0.647 e. The average molecular weight is 446 g/mol. The van der Waals surface area contributed by atoms with Gasteiger partial charge in [-0.15, -0.1) is 0 Å². The van der Waals surface area contributed by atoms with Gasteiger partial charge >= 0.3 is 7.82 Å². The summed E-state index contributed by atoms with van der Waals surface area (Å²) in [6.45, 7) is 6.04. The van der Waals surface area contributed by atoms with Crippen LogP contribution in [0.3, 0.4) is 0 Å². The Kier molecular flexibility index (Phi) is 6.53. The lowest BCUT2D eigenvalue weighted by molar-refractivity contribution is 0.299. The summed E-state index contributed by atoms with van der Waals surface area (Å²) in [5, 5.41) is 1.81. The lowest BCUT2D eigenvalue weighted by atomic mass is 10.1. The van der Waals surface area contributed by atoms with E-state index in [2.05, 4.69) is 6.92 Å². The first kappa shape index (κ1) is 22.0. The highest BCUT2D eigenvalue weighted by molar-refractivity contribution is 7.49. The van der Waals surface area contributed by atoms with Gasteiger partial charge in [0.15, 0.2) is 0 Å². The molecule has 1 atom stereocenters. The molecule has 164 valence electrons. The van der Waals surface area contributed by atoms with Gasteiger partial charge in [-0.2, -0.15) is 4.57 Å². The Balaban J connectivity index is 1.70. The molecule has 5 heteroatoms. The molecule has 0 saturated carbocycles. The monoisotopic (exact) mass is 446 g/mol. The highest BCUT2D eigenvalue weighted by atomic mass is 31.2. The Bertz CT molecular complexity index is 1260. The summed E-state index contributed by atoms with van der Waals surface area (Å²) in [7, 11) is -4.06. The first-order valence-corrected chi connectivity index (χ1v) is 12.2. The molecule has 0 radical (unpaired) electrons. The van der Waals surface area contributed by atoms with Crippen LogP contribution >= 0.6 is 7.82 Å². The van der Waals surface area contributed by atoms with Crippen molar-refractivity contribution in [2.45, 2.75) is 33.6 Å². The quantitative estimate of drug-likeness (QED) is 0.257. The van der Waals surface area contributed by atoms with Crippen molar-refractivity contribution >= 4 is 18.6 Å². The smallest absolute Gasteiger partial charge is 0.386 e. The van der Waals surface area contributed by atoms with Gasteiger partial charge in [0.2, 0.25) is 0 Å². The summed E-state index contributed by atoms with van der Waals surface area (Å²) in [5.41, 5.74) is 3.14. The van der Waals surface area contributed by atoms with Gasteiger partial charge < -0.3 is 13.6 Å². The van der Waals surface area contributed by atoms with E-state index in [-0.39, 0.29) is 0 Å². The number of aryl methyl sites for hydroxylation is 3. The minimum Gasteiger partial charge on any atom is -0.386 e. The Morgan fingerprint density at radius 1 is 0.750 bits per heavy atom. The molecule has 0 amide bonds. The van der Waals surface area contributed by atoms with Gasteiger partial charge in [-0.3, -0.25) is 0 Å². The maximum absolute atomic E-state index is 13.9. The number of rotatable bonds is 8. The van der Waals surface area contributed by atoms with Crippen LogP contribution in [0.5, 0.6) is 17.2 Å². The summed E-state index contributed by atoms with van der Waals surface area (Å²) in [6, 6.07) is 26.6. The zero-order chi connectivity index (χ0) is 22.6. The molecule has 0 bridgehead atoms. The van der Waals surface area contributed by atoms with Crippen molar-refractivity contribution in [3.05, 3.63) is 102 Å². The van der Waals surface area contributed by atoms with E-state index in [1.165, 1.54) is 5.56 Å². The molecular formula is C27H27O4P. The highest BCUT2D eigenvalue weighted by Crippen LogP contribution is 2.51. The van der Waals surface area contributed by atoms with Crippen LogP contribution in [0.15, 0.2) is 84.9 Å². The van der Waals surface area contributed by atoms with Crippen molar-refractivity contribution in [2.24, 2.45) is 0 Å². The predicted octanol–water partition coefficient (Wildman–Crippen LogP) is 8.05. The molecule has 0 heterocycles. The Labute approximate surface area is 189 Å². The van der Waals surface area contributed by atoms with Crippen LogP contribution in [0.1, 0.15) is 30.0 Å². The Morgan fingerprint density at radius 2 is 1.47 bits per heavy atom. The zero-order valence-electron chi connectivity index (χ0n) is 18.6. The molecule has 32 heavy (non-hydrogen) atoms. The minimum atomic E-state index is -4.06. The molecule has 0 saturated heterocycles. The van der Waals surface area contributed by atoms with E-state index in [4.69, 9.17) is 13.6 Å². The molecule has 4 aromatic carbocycles. The fourth-order valence-corrected chi connectivity index (χ4v) is 4.95. The van der Waals surface area contributed by atoms with E-state index >= 15 is 0 Å². The summed E-state index contributed by atoms with van der Waals surface area (Å²) >= 11 is 0. The second-order valence-corrected chi connectivity index (χ2v) is 9.30. The summed E-state index contributed by atoms with van der Waals surface area (Å²) < 4.78 is 31.8. The first-order valence-electron chi connectivity index (χ1n) is 10.8. The van der Waals surface area contributed by atoms with E-state index in [0.717, 1.165) is 34.7 Å². The van der Waals surface area contributed by atoms with E-state index < -0.39 is 7.82 Å². The molecule has 0 aliphatic heterocycles. The van der Waals surface area contributed by atoms with Crippen molar-refractivity contribution in [3.8, 4) is 17.2 Å². The van der Waals surface area contributed by atoms with Crippen LogP contribution < -0.4 is 13.6 Å². The zero-order valence-corrected chi connectivity index (χ0v) is 19.5. The largest absolute Gasteiger partial charge is 0.647 e. The number of benzene rings is 4. The van der Waals surface area contributed by atoms with Crippen LogP contribution in [-0.2, 0) is 11.0 Å². The summed E-state index contributed by atoms with van der Waals surface area (Å²) in [6.07, 6.45) is 2.03. The molecule has 0 fully saturated rings. The number of phosphoric acid groups is 1. The number of hydrogen-bond donors (Lipinski definition) is 0. The second kappa shape index (κ2) is 9.50. The van der Waals surface area contributed by atoms with Crippen molar-refractivity contribution in [2.75, 3.05) is 0 Å². The number of hydrogen-bond acceptors (Lipinski definition) is 4. The summed E-state index contributed by atoms with van der Waals surface area (Å²) in [5.74, 6) is 1.33. The van der Waals surface area contributed by atoms with Crippen molar-refractivity contribution in [1.29, 1.82) is 0 Å². The van der Waals surface area contributed by atoms with Crippen molar-refractivity contribution in [1.82, 2.24) is 0 Å². The molecule has 0 aromatic heterocycles. The molecule has 0 aliphatic rings. The molecule has 0 N–H and O–H groups in total. The SMILES string of the molecule is CCCc1ccc(OP(=O)(Oc2ccc(C)cc2C)Oc2cccc3ccccc23)cc1. The fourth-order valence-electron chi connectivity index (χ4n) is 3.61. The maximum atomic E-state index is 13.9. The highest BCUT2D eigenvalue weighted by Gasteiger charge is 2.34. The molecule has 4 aromatic rings. The van der Waals surface area contributed by atoms with Gasteiger partial charge in [0.25, 0.3) is 0 Å². The van der Waals surface area contributed by atoms with Crippen molar-refractivity contribution in [3.63, 3.8) is 0 Å². The molecular weight excluding hydrogens is 419 g/mol. The number of fused-ring (bicyclic) bond motifs is 1. The van der Waals surface area contributed by atoms with E-state index in [1.54, 1.807) is 24.3 Å². The van der Waals surface area contributed by atoms with Crippen LogP contribution in [0.2, 0.25) is 0 Å². The normalized spacial score (nSPS) is 12.8. The van der Waals surface area contributed by atoms with Crippen molar-refractivity contribution < 1.29 is 18.1 Å². The van der Waals surface area contributed by atoms with Gasteiger partial charge in [-0.25, -0.2) is 0 Å². The Morgan fingerprint density at radius 3 is 2.22 bits per heavy atom. The Hall–Kier alpha value is -3.23. The molecule has 4 rings (SSSR count). The minimum absolute atomic E-state index is 0.429. The summed E-state index contributed by atoms with van der Waals surface area (Å²) in [4.78, 5) is 0. The predicted molar refractivity (Wildman–Crippen MR) is 130 cm³/mol. The molecule has 1 unspecified atom stereocenters. The average Bonchev–Trinajstić information content (AvgIpc) is 2.78. The van der Waals surface area contributed by atoms with Gasteiger partial charge in [0.1, 0.15) is 17.2 Å². The van der Waals surface area contributed by atoms with Crippen LogP contribution in [0, 0.1) is 13.8 Å².